The van der Waals surface area contributed by atoms with Gasteiger partial charge in [0.15, 0.2) is 8.80 Å². The van der Waals surface area contributed by atoms with Crippen LogP contribution in [-0.4, -0.2) is 17.9 Å². The molecule has 1 radical (unpaired) electrons. The standard InChI is InChI=1S/C42H29N2Si/c1-3-15-32(16-4-1)45(33-17-5-2-6-18-33)34-19-13-14-30(28-34)43-41-25-12-9-22-37(41)38-29-31(26-27-42(38)43)44-39-23-10-7-20-35(39)36-21-8-11-24-40(36)44/h1-29H. The monoisotopic (exact) mass is 589 g/mol. The van der Waals surface area contributed by atoms with Gasteiger partial charge in [-0.1, -0.05) is 138 Å². The number of fused-ring (bicyclic) bond motifs is 6. The van der Waals surface area contributed by atoms with E-state index in [9.17, 15) is 0 Å². The van der Waals surface area contributed by atoms with Crippen molar-refractivity contribution in [2.24, 2.45) is 0 Å². The second-order valence-corrected chi connectivity index (χ2v) is 14.1. The van der Waals surface area contributed by atoms with E-state index >= 15 is 0 Å². The zero-order valence-electron chi connectivity index (χ0n) is 24.6. The molecular formula is C42H29N2Si. The first-order valence-corrected chi connectivity index (χ1v) is 17.0. The Morgan fingerprint density at radius 3 is 1.27 bits per heavy atom. The normalized spacial score (nSPS) is 11.8. The molecule has 0 bridgehead atoms. The van der Waals surface area contributed by atoms with Gasteiger partial charge in [-0.2, -0.15) is 0 Å². The van der Waals surface area contributed by atoms with Crippen molar-refractivity contribution >= 4 is 68.0 Å². The van der Waals surface area contributed by atoms with Crippen molar-refractivity contribution in [3.05, 3.63) is 176 Å². The van der Waals surface area contributed by atoms with Gasteiger partial charge in [0.2, 0.25) is 0 Å². The average molecular weight is 590 g/mol. The molecule has 0 saturated carbocycles. The van der Waals surface area contributed by atoms with Crippen molar-refractivity contribution in [3.8, 4) is 11.4 Å². The molecule has 0 atom stereocenters. The van der Waals surface area contributed by atoms with E-state index in [4.69, 9.17) is 0 Å². The molecule has 0 fully saturated rings. The molecule has 0 aliphatic carbocycles. The van der Waals surface area contributed by atoms with Crippen molar-refractivity contribution < 1.29 is 0 Å². The predicted octanol–water partition coefficient (Wildman–Crippen LogP) is 8.40. The van der Waals surface area contributed by atoms with E-state index < -0.39 is 8.80 Å². The van der Waals surface area contributed by atoms with Gasteiger partial charge in [-0.15, -0.1) is 0 Å². The summed E-state index contributed by atoms with van der Waals surface area (Å²) >= 11 is 0. The second kappa shape index (κ2) is 10.5. The van der Waals surface area contributed by atoms with Gasteiger partial charge in [0.05, 0.1) is 22.1 Å². The van der Waals surface area contributed by atoms with E-state index in [-0.39, 0.29) is 0 Å². The number of rotatable bonds is 5. The SMILES string of the molecule is c1ccc([Si](c2ccccc2)c2cccc(-n3c4ccccc4c4cc(-n5c6ccccc6c6ccccc65)ccc43)c2)cc1. The maximum absolute atomic E-state index is 2.44. The zero-order valence-corrected chi connectivity index (χ0v) is 25.6. The average Bonchev–Trinajstić information content (AvgIpc) is 3.62. The van der Waals surface area contributed by atoms with Crippen molar-refractivity contribution in [3.63, 3.8) is 0 Å². The summed E-state index contributed by atoms with van der Waals surface area (Å²) in [5.41, 5.74) is 7.26. The van der Waals surface area contributed by atoms with Crippen molar-refractivity contribution in [1.29, 1.82) is 0 Å². The van der Waals surface area contributed by atoms with Gasteiger partial charge in [0.1, 0.15) is 0 Å². The van der Waals surface area contributed by atoms with Gasteiger partial charge in [0.25, 0.3) is 0 Å². The molecule has 0 amide bonds. The quantitative estimate of drug-likeness (QED) is 0.141. The molecule has 0 N–H and O–H groups in total. The van der Waals surface area contributed by atoms with Gasteiger partial charge in [-0.25, -0.2) is 0 Å². The summed E-state index contributed by atoms with van der Waals surface area (Å²) in [4.78, 5) is 0. The van der Waals surface area contributed by atoms with Crippen LogP contribution in [0.5, 0.6) is 0 Å². The van der Waals surface area contributed by atoms with E-state index in [1.165, 1.54) is 70.5 Å². The van der Waals surface area contributed by atoms with E-state index in [1.54, 1.807) is 0 Å². The number of aromatic nitrogens is 2. The summed E-state index contributed by atoms with van der Waals surface area (Å²) in [6.07, 6.45) is 0. The highest BCUT2D eigenvalue weighted by molar-refractivity contribution is 6.95. The summed E-state index contributed by atoms with van der Waals surface area (Å²) in [6.45, 7) is 0. The Hall–Kier alpha value is -5.64. The minimum atomic E-state index is -1.19. The van der Waals surface area contributed by atoms with Crippen LogP contribution in [0.3, 0.4) is 0 Å². The largest absolute Gasteiger partial charge is 0.309 e. The Labute approximate surface area is 263 Å². The maximum atomic E-state index is 2.44. The molecule has 2 aromatic heterocycles. The van der Waals surface area contributed by atoms with Crippen molar-refractivity contribution in [2.75, 3.05) is 0 Å². The molecule has 2 nitrogen and oxygen atoms in total. The number of hydrogen-bond donors (Lipinski definition) is 0. The second-order valence-electron chi connectivity index (χ2n) is 11.6. The predicted molar refractivity (Wildman–Crippen MR) is 193 cm³/mol. The third-order valence-electron chi connectivity index (χ3n) is 9.01. The van der Waals surface area contributed by atoms with E-state index in [2.05, 4.69) is 185 Å². The van der Waals surface area contributed by atoms with Crippen molar-refractivity contribution in [2.45, 2.75) is 0 Å². The molecule has 211 valence electrons. The van der Waals surface area contributed by atoms with Crippen LogP contribution >= 0.6 is 0 Å². The van der Waals surface area contributed by atoms with Gasteiger partial charge in [0, 0.05) is 32.9 Å². The first kappa shape index (κ1) is 25.8. The number of benzene rings is 7. The maximum Gasteiger partial charge on any atom is 0.154 e. The fourth-order valence-corrected chi connectivity index (χ4v) is 9.70. The molecule has 0 unspecified atom stereocenters. The summed E-state index contributed by atoms with van der Waals surface area (Å²) in [5, 5.41) is 9.24. The molecule has 2 heterocycles. The van der Waals surface area contributed by atoms with Gasteiger partial charge in [-0.3, -0.25) is 0 Å². The molecule has 9 aromatic rings. The Balaban J connectivity index is 1.26. The van der Waals surface area contributed by atoms with Crippen LogP contribution in [-0.2, 0) is 0 Å². The van der Waals surface area contributed by atoms with Crippen LogP contribution in [0.1, 0.15) is 0 Å². The lowest BCUT2D eigenvalue weighted by Gasteiger charge is -2.18. The van der Waals surface area contributed by atoms with Gasteiger partial charge in [-0.05, 0) is 53.7 Å². The lowest BCUT2D eigenvalue weighted by atomic mass is 10.1. The smallest absolute Gasteiger partial charge is 0.154 e. The number of para-hydroxylation sites is 3. The first-order chi connectivity index (χ1) is 22.3. The highest BCUT2D eigenvalue weighted by Crippen LogP contribution is 2.36. The third kappa shape index (κ3) is 4.16. The minimum Gasteiger partial charge on any atom is -0.309 e. The van der Waals surface area contributed by atoms with Crippen LogP contribution in [0.4, 0.5) is 0 Å². The van der Waals surface area contributed by atoms with Crippen LogP contribution in [0.25, 0.3) is 55.0 Å². The number of hydrogen-bond acceptors (Lipinski definition) is 0. The number of nitrogens with zero attached hydrogens (tertiary/aromatic N) is 2. The summed E-state index contributed by atoms with van der Waals surface area (Å²) < 4.78 is 4.85. The molecule has 0 spiro atoms. The van der Waals surface area contributed by atoms with E-state index in [0.29, 0.717) is 0 Å². The van der Waals surface area contributed by atoms with Crippen LogP contribution < -0.4 is 15.6 Å². The molecular weight excluding hydrogens is 561 g/mol. The molecule has 0 aliphatic rings. The molecule has 7 aromatic carbocycles. The molecule has 9 rings (SSSR count). The molecule has 0 aliphatic heterocycles. The Morgan fingerprint density at radius 2 is 0.711 bits per heavy atom. The topological polar surface area (TPSA) is 9.86 Å². The van der Waals surface area contributed by atoms with Crippen LogP contribution in [0.15, 0.2) is 176 Å². The fourth-order valence-electron chi connectivity index (χ4n) is 7.09. The van der Waals surface area contributed by atoms with E-state index in [0.717, 1.165) is 0 Å². The summed E-state index contributed by atoms with van der Waals surface area (Å²) in [5.74, 6) is 0. The van der Waals surface area contributed by atoms with Gasteiger partial charge >= 0.3 is 0 Å². The molecule has 45 heavy (non-hydrogen) atoms. The summed E-state index contributed by atoms with van der Waals surface area (Å²) in [7, 11) is -1.19. The minimum absolute atomic E-state index is 1.18. The Bertz CT molecular complexity index is 2400. The third-order valence-corrected chi connectivity index (χ3v) is 11.7. The lowest BCUT2D eigenvalue weighted by molar-refractivity contribution is 1.17. The lowest BCUT2D eigenvalue weighted by Crippen LogP contribution is -2.51. The molecule has 0 saturated heterocycles. The van der Waals surface area contributed by atoms with Gasteiger partial charge < -0.3 is 9.13 Å². The highest BCUT2D eigenvalue weighted by atomic mass is 28.3. The fraction of sp³-hybridized carbons (Fsp3) is 0. The molecule has 3 heteroatoms. The van der Waals surface area contributed by atoms with Crippen molar-refractivity contribution in [1.82, 2.24) is 9.13 Å². The van der Waals surface area contributed by atoms with E-state index in [1.807, 2.05) is 0 Å². The highest BCUT2D eigenvalue weighted by Gasteiger charge is 2.21. The van der Waals surface area contributed by atoms with Crippen LogP contribution in [0.2, 0.25) is 0 Å². The Morgan fingerprint density at radius 1 is 0.289 bits per heavy atom. The summed E-state index contributed by atoms with van der Waals surface area (Å²) in [6, 6.07) is 64.4. The van der Waals surface area contributed by atoms with Crippen LogP contribution in [0, 0.1) is 0 Å². The zero-order chi connectivity index (χ0) is 29.7. The first-order valence-electron chi connectivity index (χ1n) is 15.5. The Kier molecular flexibility index (Phi) is 6.03.